The van der Waals surface area contributed by atoms with E-state index in [-0.39, 0.29) is 18.6 Å². The number of ether oxygens (including phenoxy) is 3. The zero-order valence-corrected chi connectivity index (χ0v) is 19.3. The van der Waals surface area contributed by atoms with Gasteiger partial charge >= 0.3 is 0 Å². The molecule has 7 heteroatoms. The normalized spacial score (nSPS) is 12.6. The number of methoxy groups -OCH3 is 1. The van der Waals surface area contributed by atoms with Crippen molar-refractivity contribution in [1.29, 1.82) is 0 Å². The summed E-state index contributed by atoms with van der Waals surface area (Å²) in [7, 11) is 1.61. The van der Waals surface area contributed by atoms with Crippen molar-refractivity contribution in [3.63, 3.8) is 0 Å². The Morgan fingerprint density at radius 2 is 1.65 bits per heavy atom. The predicted octanol–water partition coefficient (Wildman–Crippen LogP) is 3.70. The van der Waals surface area contributed by atoms with Crippen LogP contribution in [-0.2, 0) is 29.1 Å². The lowest BCUT2D eigenvalue weighted by molar-refractivity contribution is -0.139. The Balaban J connectivity index is 1.53. The highest BCUT2D eigenvalue weighted by atomic mass is 16.7. The molecule has 0 aliphatic carbocycles. The molecule has 0 radical (unpaired) electrons. The van der Waals surface area contributed by atoms with Crippen molar-refractivity contribution in [3.8, 4) is 17.2 Å². The summed E-state index contributed by atoms with van der Waals surface area (Å²) in [6.07, 6.45) is 0.406. The summed E-state index contributed by atoms with van der Waals surface area (Å²) in [5, 5.41) is 3.00. The van der Waals surface area contributed by atoms with Crippen LogP contribution in [0.5, 0.6) is 17.2 Å². The van der Waals surface area contributed by atoms with Gasteiger partial charge < -0.3 is 24.4 Å². The van der Waals surface area contributed by atoms with Gasteiger partial charge in [-0.25, -0.2) is 0 Å². The lowest BCUT2D eigenvalue weighted by Gasteiger charge is -2.30. The maximum absolute atomic E-state index is 13.4. The van der Waals surface area contributed by atoms with E-state index in [1.807, 2.05) is 72.8 Å². The fraction of sp³-hybridized carbons (Fsp3) is 0.259. The molecule has 0 fully saturated rings. The molecule has 0 saturated heterocycles. The molecular weight excluding hydrogens is 432 g/mol. The van der Waals surface area contributed by atoms with Crippen LogP contribution in [0.2, 0.25) is 0 Å². The van der Waals surface area contributed by atoms with Crippen molar-refractivity contribution in [3.05, 3.63) is 89.5 Å². The largest absolute Gasteiger partial charge is 0.497 e. The van der Waals surface area contributed by atoms with Crippen LogP contribution in [0.1, 0.15) is 23.6 Å². The number of carbonyl (C=O) groups is 2. The van der Waals surface area contributed by atoms with Crippen molar-refractivity contribution < 1.29 is 23.8 Å². The smallest absolute Gasteiger partial charge is 0.243 e. The number of nitrogens with one attached hydrogen (secondary N) is 1. The summed E-state index contributed by atoms with van der Waals surface area (Å²) in [6.45, 7) is 2.32. The van der Waals surface area contributed by atoms with Gasteiger partial charge in [0.1, 0.15) is 11.8 Å². The Kier molecular flexibility index (Phi) is 7.32. The first kappa shape index (κ1) is 23.2. The highest BCUT2D eigenvalue weighted by Crippen LogP contribution is 2.32. The number of amides is 2. The van der Waals surface area contributed by atoms with E-state index in [4.69, 9.17) is 14.2 Å². The maximum atomic E-state index is 13.4. The van der Waals surface area contributed by atoms with Crippen LogP contribution in [0.3, 0.4) is 0 Å². The summed E-state index contributed by atoms with van der Waals surface area (Å²) >= 11 is 0. The van der Waals surface area contributed by atoms with E-state index in [9.17, 15) is 9.59 Å². The van der Waals surface area contributed by atoms with Gasteiger partial charge in [0.2, 0.25) is 18.6 Å². The van der Waals surface area contributed by atoms with Gasteiger partial charge in [-0.15, -0.1) is 0 Å². The first-order chi connectivity index (χ1) is 16.5. The molecule has 3 aromatic rings. The minimum Gasteiger partial charge on any atom is -0.497 e. The van der Waals surface area contributed by atoms with Crippen LogP contribution in [0.4, 0.5) is 0 Å². The van der Waals surface area contributed by atoms with E-state index < -0.39 is 6.04 Å². The fourth-order valence-corrected chi connectivity index (χ4v) is 3.91. The highest BCUT2D eigenvalue weighted by molar-refractivity contribution is 5.87. The summed E-state index contributed by atoms with van der Waals surface area (Å²) in [6, 6.07) is 22.1. The monoisotopic (exact) mass is 460 g/mol. The average Bonchev–Trinajstić information content (AvgIpc) is 3.33. The zero-order chi connectivity index (χ0) is 23.9. The quantitative estimate of drug-likeness (QED) is 0.527. The second-order valence-electron chi connectivity index (χ2n) is 8.11. The molecule has 1 atom stereocenters. The van der Waals surface area contributed by atoms with Crippen molar-refractivity contribution >= 4 is 11.8 Å². The molecule has 7 nitrogen and oxygen atoms in total. The van der Waals surface area contributed by atoms with E-state index in [0.717, 1.165) is 22.4 Å². The SMILES string of the molecule is COc1ccc(CN(C(C)=O)C(Cc2ccccc2)C(=O)NCc2ccc3c(c2)OCO3)cc1. The van der Waals surface area contributed by atoms with E-state index in [0.29, 0.717) is 31.0 Å². The van der Waals surface area contributed by atoms with Gasteiger partial charge in [0.25, 0.3) is 0 Å². The molecule has 3 aromatic carbocycles. The van der Waals surface area contributed by atoms with Crippen molar-refractivity contribution in [2.24, 2.45) is 0 Å². The predicted molar refractivity (Wildman–Crippen MR) is 128 cm³/mol. The number of hydrogen-bond donors (Lipinski definition) is 1. The molecule has 1 aliphatic rings. The molecule has 0 aromatic heterocycles. The topological polar surface area (TPSA) is 77.1 Å². The lowest BCUT2D eigenvalue weighted by Crippen LogP contribution is -2.49. The molecule has 2 amide bonds. The van der Waals surface area contributed by atoms with E-state index >= 15 is 0 Å². The van der Waals surface area contributed by atoms with Gasteiger partial charge in [0.15, 0.2) is 11.5 Å². The Morgan fingerprint density at radius 3 is 2.35 bits per heavy atom. The zero-order valence-electron chi connectivity index (χ0n) is 19.3. The molecule has 1 heterocycles. The van der Waals surface area contributed by atoms with Crippen LogP contribution in [0.25, 0.3) is 0 Å². The summed E-state index contributed by atoms with van der Waals surface area (Å²) in [5.74, 6) is 1.71. The Morgan fingerprint density at radius 1 is 0.941 bits per heavy atom. The van der Waals surface area contributed by atoms with Gasteiger partial charge in [-0.2, -0.15) is 0 Å². The molecular formula is C27H28N2O5. The molecule has 0 bridgehead atoms. The lowest BCUT2D eigenvalue weighted by atomic mass is 10.0. The second kappa shape index (κ2) is 10.7. The molecule has 1 aliphatic heterocycles. The number of fused-ring (bicyclic) bond motifs is 1. The van der Waals surface area contributed by atoms with E-state index in [2.05, 4.69) is 5.32 Å². The molecule has 1 unspecified atom stereocenters. The van der Waals surface area contributed by atoms with Crippen LogP contribution in [-0.4, -0.2) is 36.7 Å². The number of hydrogen-bond acceptors (Lipinski definition) is 5. The van der Waals surface area contributed by atoms with Crippen LogP contribution in [0, 0.1) is 0 Å². The molecule has 4 rings (SSSR count). The number of rotatable bonds is 9. The fourth-order valence-electron chi connectivity index (χ4n) is 3.91. The molecule has 34 heavy (non-hydrogen) atoms. The van der Waals surface area contributed by atoms with Gasteiger partial charge in [-0.1, -0.05) is 48.5 Å². The molecule has 1 N–H and O–H groups in total. The van der Waals surface area contributed by atoms with Gasteiger partial charge in [-0.05, 0) is 41.0 Å². The van der Waals surface area contributed by atoms with Crippen molar-refractivity contribution in [2.45, 2.75) is 32.5 Å². The van der Waals surface area contributed by atoms with Crippen LogP contribution < -0.4 is 19.5 Å². The number of carbonyl (C=O) groups excluding carboxylic acids is 2. The molecule has 0 saturated carbocycles. The van der Waals surface area contributed by atoms with Crippen LogP contribution >= 0.6 is 0 Å². The Hall–Kier alpha value is -4.00. The summed E-state index contributed by atoms with van der Waals surface area (Å²) in [4.78, 5) is 27.7. The van der Waals surface area contributed by atoms with Gasteiger partial charge in [0.05, 0.1) is 7.11 Å². The Labute approximate surface area is 199 Å². The standard InChI is InChI=1S/C27H28N2O5/c1-19(30)29(17-21-8-11-23(32-2)12-9-21)24(14-20-6-4-3-5-7-20)27(31)28-16-22-10-13-25-26(15-22)34-18-33-25/h3-13,15,24H,14,16-18H2,1-2H3,(H,28,31). The van der Waals surface area contributed by atoms with Gasteiger partial charge in [0, 0.05) is 26.4 Å². The summed E-state index contributed by atoms with van der Waals surface area (Å²) in [5.41, 5.74) is 2.78. The highest BCUT2D eigenvalue weighted by Gasteiger charge is 2.28. The minimum atomic E-state index is -0.670. The van der Waals surface area contributed by atoms with Crippen LogP contribution in [0.15, 0.2) is 72.8 Å². The Bertz CT molecular complexity index is 1130. The van der Waals surface area contributed by atoms with E-state index in [1.165, 1.54) is 6.92 Å². The number of benzene rings is 3. The van der Waals surface area contributed by atoms with Gasteiger partial charge in [-0.3, -0.25) is 9.59 Å². The third kappa shape index (κ3) is 5.67. The molecule has 0 spiro atoms. The second-order valence-corrected chi connectivity index (χ2v) is 8.11. The minimum absolute atomic E-state index is 0.171. The first-order valence-electron chi connectivity index (χ1n) is 11.1. The van der Waals surface area contributed by atoms with Crippen molar-refractivity contribution in [1.82, 2.24) is 10.2 Å². The maximum Gasteiger partial charge on any atom is 0.243 e. The van der Waals surface area contributed by atoms with E-state index in [1.54, 1.807) is 12.0 Å². The summed E-state index contributed by atoms with van der Waals surface area (Å²) < 4.78 is 16.0. The van der Waals surface area contributed by atoms with Crippen molar-refractivity contribution in [2.75, 3.05) is 13.9 Å². The first-order valence-corrected chi connectivity index (χ1v) is 11.1. The average molecular weight is 461 g/mol. The number of nitrogens with zero attached hydrogens (tertiary/aromatic N) is 1. The molecule has 176 valence electrons. The third-order valence-corrected chi connectivity index (χ3v) is 5.77. The third-order valence-electron chi connectivity index (χ3n) is 5.77.